The van der Waals surface area contributed by atoms with E-state index in [4.69, 9.17) is 10.5 Å². The molecule has 0 radical (unpaired) electrons. The average molecular weight is 285 g/mol. The zero-order valence-electron chi connectivity index (χ0n) is 10.9. The van der Waals surface area contributed by atoms with Gasteiger partial charge in [-0.1, -0.05) is 12.1 Å². The van der Waals surface area contributed by atoms with Crippen LogP contribution in [0.1, 0.15) is 0 Å². The molecule has 5 heteroatoms. The molecule has 102 valence electrons. The van der Waals surface area contributed by atoms with E-state index in [1.807, 2.05) is 42.9 Å². The molecule has 0 fully saturated rings. The topological polar surface area (TPSA) is 53.1 Å². The smallest absolute Gasteiger partial charge is 0.121 e. The van der Waals surface area contributed by atoms with Crippen molar-refractivity contribution >= 4 is 11.3 Å². The minimum atomic E-state index is 0.510. The maximum Gasteiger partial charge on any atom is 0.121 e. The van der Waals surface area contributed by atoms with Gasteiger partial charge in [0.1, 0.15) is 12.4 Å². The van der Waals surface area contributed by atoms with Gasteiger partial charge < -0.3 is 10.5 Å². The Morgan fingerprint density at radius 1 is 1.25 bits per heavy atom. The van der Waals surface area contributed by atoms with Crippen LogP contribution in [-0.4, -0.2) is 22.7 Å². The van der Waals surface area contributed by atoms with E-state index in [9.17, 15) is 0 Å². The predicted molar refractivity (Wildman–Crippen MR) is 81.4 cm³/mol. The molecule has 0 aliphatic heterocycles. The van der Waals surface area contributed by atoms with E-state index in [-0.39, 0.29) is 0 Å². The van der Waals surface area contributed by atoms with E-state index < -0.39 is 0 Å². The van der Waals surface area contributed by atoms with Gasteiger partial charge in [0.2, 0.25) is 0 Å². The van der Waals surface area contributed by atoms with Crippen molar-refractivity contribution in [1.82, 2.24) is 9.55 Å². The van der Waals surface area contributed by atoms with Crippen LogP contribution in [0.2, 0.25) is 0 Å². The molecule has 20 heavy (non-hydrogen) atoms. The van der Waals surface area contributed by atoms with Gasteiger partial charge in [-0.25, -0.2) is 4.98 Å². The number of thiophene rings is 1. The molecule has 0 saturated heterocycles. The molecule has 3 rings (SSSR count). The number of ether oxygens (including phenoxy) is 1. The molecule has 0 amide bonds. The Labute approximate surface area is 121 Å². The lowest BCUT2D eigenvalue weighted by Crippen LogP contribution is -2.10. The normalized spacial score (nSPS) is 10.7. The lowest BCUT2D eigenvalue weighted by atomic mass is 10.2. The summed E-state index contributed by atoms with van der Waals surface area (Å²) in [6, 6.07) is 12.1. The molecule has 0 bridgehead atoms. The quantitative estimate of drug-likeness (QED) is 0.784. The fourth-order valence-electron chi connectivity index (χ4n) is 2.01. The highest BCUT2D eigenvalue weighted by Gasteiger charge is 2.08. The van der Waals surface area contributed by atoms with Crippen molar-refractivity contribution < 1.29 is 4.74 Å². The number of nitrogens with zero attached hydrogens (tertiary/aromatic N) is 2. The van der Waals surface area contributed by atoms with Gasteiger partial charge in [0.15, 0.2) is 0 Å². The first-order chi connectivity index (χ1) is 9.88. The van der Waals surface area contributed by atoms with E-state index in [0.29, 0.717) is 13.2 Å². The molecule has 4 nitrogen and oxygen atoms in total. The number of hydrogen-bond acceptors (Lipinski definition) is 4. The number of hydrogen-bond donors (Lipinski definition) is 1. The van der Waals surface area contributed by atoms with Crippen molar-refractivity contribution in [3.63, 3.8) is 0 Å². The number of aromatic nitrogens is 2. The minimum absolute atomic E-state index is 0.510. The first-order valence-electron chi connectivity index (χ1n) is 6.38. The van der Waals surface area contributed by atoms with Gasteiger partial charge in [-0.3, -0.25) is 4.57 Å². The third kappa shape index (κ3) is 2.59. The Hall–Kier alpha value is -2.11. The van der Waals surface area contributed by atoms with E-state index in [2.05, 4.69) is 21.0 Å². The molecule has 0 aliphatic carbocycles. The summed E-state index contributed by atoms with van der Waals surface area (Å²) in [4.78, 5) is 5.45. The maximum atomic E-state index is 5.57. The fraction of sp³-hybridized carbons (Fsp3) is 0.133. The van der Waals surface area contributed by atoms with Crippen LogP contribution in [0.25, 0.3) is 16.3 Å². The molecule has 0 aliphatic rings. The molecule has 2 N–H and O–H groups in total. The summed E-state index contributed by atoms with van der Waals surface area (Å²) in [7, 11) is 0. The lowest BCUT2D eigenvalue weighted by Gasteiger charge is -2.09. The van der Waals surface area contributed by atoms with Crippen LogP contribution in [0, 0.1) is 0 Å². The third-order valence-electron chi connectivity index (χ3n) is 2.89. The van der Waals surface area contributed by atoms with E-state index in [0.717, 1.165) is 17.1 Å². The van der Waals surface area contributed by atoms with Crippen LogP contribution >= 0.6 is 11.3 Å². The summed E-state index contributed by atoms with van der Waals surface area (Å²) in [6.07, 6.45) is 3.69. The van der Waals surface area contributed by atoms with Crippen molar-refractivity contribution in [3.05, 3.63) is 54.3 Å². The summed E-state index contributed by atoms with van der Waals surface area (Å²) in [5.41, 5.74) is 7.57. The summed E-state index contributed by atoms with van der Waals surface area (Å²) >= 11 is 1.70. The first kappa shape index (κ1) is 12.9. The zero-order valence-corrected chi connectivity index (χ0v) is 11.7. The summed E-state index contributed by atoms with van der Waals surface area (Å²) in [5.74, 6) is 0.818. The number of rotatable bonds is 5. The SMILES string of the molecule is NCCOc1cccc(-n2cncc2-c2cccs2)c1. The van der Waals surface area contributed by atoms with Gasteiger partial charge in [0.05, 0.1) is 28.8 Å². The van der Waals surface area contributed by atoms with Crippen LogP contribution in [0.15, 0.2) is 54.3 Å². The minimum Gasteiger partial charge on any atom is -0.492 e. The fourth-order valence-corrected chi connectivity index (χ4v) is 2.74. The molecule has 0 atom stereocenters. The number of nitrogens with two attached hydrogens (primary N) is 1. The van der Waals surface area contributed by atoms with Crippen LogP contribution in [0.4, 0.5) is 0 Å². The molecule has 3 aromatic rings. The van der Waals surface area contributed by atoms with E-state index >= 15 is 0 Å². The van der Waals surface area contributed by atoms with Crippen LogP contribution in [-0.2, 0) is 0 Å². The third-order valence-corrected chi connectivity index (χ3v) is 3.79. The van der Waals surface area contributed by atoms with Crippen molar-refractivity contribution in [2.24, 2.45) is 5.73 Å². The van der Waals surface area contributed by atoms with E-state index in [1.54, 1.807) is 11.3 Å². The van der Waals surface area contributed by atoms with Gasteiger partial charge in [-0.15, -0.1) is 11.3 Å². The van der Waals surface area contributed by atoms with Gasteiger partial charge in [0, 0.05) is 12.6 Å². The van der Waals surface area contributed by atoms with Crippen LogP contribution in [0.5, 0.6) is 5.75 Å². The Morgan fingerprint density at radius 2 is 2.20 bits per heavy atom. The Kier molecular flexibility index (Phi) is 3.80. The highest BCUT2D eigenvalue weighted by atomic mass is 32.1. The van der Waals surface area contributed by atoms with Crippen molar-refractivity contribution in [2.45, 2.75) is 0 Å². The second-order valence-electron chi connectivity index (χ2n) is 4.26. The standard InChI is InChI=1S/C15H15N3OS/c16-6-7-19-13-4-1-3-12(9-13)18-11-17-10-14(18)15-5-2-8-20-15/h1-5,8-11H,6-7,16H2. The zero-order chi connectivity index (χ0) is 13.8. The molecular weight excluding hydrogens is 270 g/mol. The van der Waals surface area contributed by atoms with Gasteiger partial charge in [-0.2, -0.15) is 0 Å². The highest BCUT2D eigenvalue weighted by molar-refractivity contribution is 7.13. The van der Waals surface area contributed by atoms with Crippen LogP contribution in [0.3, 0.4) is 0 Å². The van der Waals surface area contributed by atoms with Gasteiger partial charge >= 0.3 is 0 Å². The molecule has 0 unspecified atom stereocenters. The molecule has 2 heterocycles. The Balaban J connectivity index is 1.96. The van der Waals surface area contributed by atoms with Gasteiger partial charge in [-0.05, 0) is 23.6 Å². The second-order valence-corrected chi connectivity index (χ2v) is 5.21. The molecule has 0 spiro atoms. The largest absolute Gasteiger partial charge is 0.492 e. The maximum absolute atomic E-state index is 5.57. The number of imidazole rings is 1. The Morgan fingerprint density at radius 3 is 3.00 bits per heavy atom. The number of benzene rings is 1. The molecule has 0 saturated carbocycles. The molecular formula is C15H15N3OS. The predicted octanol–water partition coefficient (Wildman–Crippen LogP) is 2.94. The van der Waals surface area contributed by atoms with Crippen molar-refractivity contribution in [1.29, 1.82) is 0 Å². The van der Waals surface area contributed by atoms with E-state index in [1.165, 1.54) is 4.88 Å². The van der Waals surface area contributed by atoms with Crippen LogP contribution < -0.4 is 10.5 Å². The molecule has 2 aromatic heterocycles. The summed E-state index contributed by atoms with van der Waals surface area (Å²) in [5, 5.41) is 2.06. The van der Waals surface area contributed by atoms with Crippen molar-refractivity contribution in [2.75, 3.05) is 13.2 Å². The summed E-state index contributed by atoms with van der Waals surface area (Å²) < 4.78 is 7.62. The molecule has 1 aromatic carbocycles. The Bertz CT molecular complexity index is 676. The lowest BCUT2D eigenvalue weighted by molar-refractivity contribution is 0.328. The first-order valence-corrected chi connectivity index (χ1v) is 7.26. The average Bonchev–Trinajstić information content (AvgIpc) is 3.15. The van der Waals surface area contributed by atoms with Crippen molar-refractivity contribution in [3.8, 4) is 22.0 Å². The second kappa shape index (κ2) is 5.90. The monoisotopic (exact) mass is 285 g/mol. The van der Waals surface area contributed by atoms with Gasteiger partial charge in [0.25, 0.3) is 0 Å². The summed E-state index contributed by atoms with van der Waals surface area (Å²) in [6.45, 7) is 1.03. The highest BCUT2D eigenvalue weighted by Crippen LogP contribution is 2.27.